The first-order valence-corrected chi connectivity index (χ1v) is 16.9. The Morgan fingerprint density at radius 3 is 2.40 bits per heavy atom. The molecule has 0 amide bonds. The molecule has 1 aliphatic rings. The number of rotatable bonds is 12. The Kier molecular flexibility index (Phi) is 10.9. The van der Waals surface area contributed by atoms with Crippen molar-refractivity contribution in [2.45, 2.75) is 91.1 Å². The van der Waals surface area contributed by atoms with E-state index in [0.29, 0.717) is 18.8 Å². The number of hydrogen-bond donors (Lipinski definition) is 4. The van der Waals surface area contributed by atoms with E-state index in [9.17, 15) is 18.6 Å². The number of aryl methyl sites for hydroxylation is 2. The Morgan fingerprint density at radius 2 is 1.76 bits per heavy atom. The minimum Gasteiger partial charge on any atom is -0.476 e. The van der Waals surface area contributed by atoms with Gasteiger partial charge in [-0.1, -0.05) is 65.0 Å². The summed E-state index contributed by atoms with van der Waals surface area (Å²) in [5.41, 5.74) is 3.47. The van der Waals surface area contributed by atoms with Crippen LogP contribution in [0.15, 0.2) is 53.4 Å². The van der Waals surface area contributed by atoms with Crippen molar-refractivity contribution in [3.63, 3.8) is 0 Å². The summed E-state index contributed by atoms with van der Waals surface area (Å²) >= 11 is 0. The maximum atomic E-state index is 13.4. The fourth-order valence-corrected chi connectivity index (χ4v) is 6.78. The highest BCUT2D eigenvalue weighted by Gasteiger charge is 2.34. The summed E-state index contributed by atoms with van der Waals surface area (Å²) in [6.07, 6.45) is 1.30. The Bertz CT molecular complexity index is 1550. The first-order valence-electron chi connectivity index (χ1n) is 15.5. The molecule has 0 bridgehead atoms. The van der Waals surface area contributed by atoms with Crippen LogP contribution in [0.3, 0.4) is 0 Å². The van der Waals surface area contributed by atoms with Crippen LogP contribution < -0.4 is 14.8 Å². The number of aliphatic hydroxyl groups excluding tert-OH is 1. The summed E-state index contributed by atoms with van der Waals surface area (Å²) in [5.74, 6) is 0.0765. The normalized spacial score (nSPS) is 17.7. The van der Waals surface area contributed by atoms with Gasteiger partial charge in [-0.05, 0) is 67.2 Å². The van der Waals surface area contributed by atoms with E-state index < -0.39 is 16.3 Å². The van der Waals surface area contributed by atoms with E-state index in [0.717, 1.165) is 42.6 Å². The van der Waals surface area contributed by atoms with Crippen molar-refractivity contribution < 1.29 is 28.1 Å². The molecule has 1 saturated heterocycles. The first-order chi connectivity index (χ1) is 21.0. The minimum atomic E-state index is -4.17. The van der Waals surface area contributed by atoms with E-state index in [-0.39, 0.29) is 45.3 Å². The number of aromatic nitrogens is 2. The minimum absolute atomic E-state index is 0.0160. The van der Waals surface area contributed by atoms with E-state index in [1.54, 1.807) is 6.07 Å². The number of anilines is 1. The van der Waals surface area contributed by atoms with Crippen molar-refractivity contribution in [1.82, 2.24) is 15.3 Å². The monoisotopic (exact) mass is 640 g/mol. The van der Waals surface area contributed by atoms with Crippen molar-refractivity contribution in [3.8, 4) is 17.1 Å². The molecule has 45 heavy (non-hydrogen) atoms. The Labute approximate surface area is 267 Å². The third-order valence-corrected chi connectivity index (χ3v) is 9.50. The topological polar surface area (TPSA) is 143 Å². The molecule has 2 aromatic carbocycles. The van der Waals surface area contributed by atoms with Gasteiger partial charge in [-0.15, -0.1) is 0 Å². The molecule has 0 spiro atoms. The lowest BCUT2D eigenvalue weighted by Gasteiger charge is -2.39. The Balaban J connectivity index is 1.64. The summed E-state index contributed by atoms with van der Waals surface area (Å²) in [6, 6.07) is 13.0. The lowest BCUT2D eigenvalue weighted by molar-refractivity contribution is -0.0673. The van der Waals surface area contributed by atoms with E-state index in [2.05, 4.69) is 54.6 Å². The molecule has 246 valence electrons. The fraction of sp³-hybridized carbons (Fsp3) is 0.529. The quantitative estimate of drug-likeness (QED) is 0.188. The number of nitrogens with zero attached hydrogens (tertiary/aromatic N) is 2. The second-order valence-corrected chi connectivity index (χ2v) is 15.5. The van der Waals surface area contributed by atoms with Crippen LogP contribution in [0, 0.1) is 24.7 Å². The van der Waals surface area contributed by atoms with Crippen molar-refractivity contribution >= 4 is 16.0 Å². The lowest BCUT2D eigenvalue weighted by atomic mass is 9.80. The summed E-state index contributed by atoms with van der Waals surface area (Å²) in [5, 5.41) is 22.8. The van der Waals surface area contributed by atoms with Crippen LogP contribution >= 0.6 is 0 Å². The van der Waals surface area contributed by atoms with Gasteiger partial charge in [-0.2, -0.15) is 4.98 Å². The second-order valence-electron chi connectivity index (χ2n) is 13.9. The molecule has 1 fully saturated rings. The van der Waals surface area contributed by atoms with E-state index in [4.69, 9.17) is 9.47 Å². The molecule has 1 unspecified atom stereocenters. The zero-order valence-corrected chi connectivity index (χ0v) is 28.2. The van der Waals surface area contributed by atoms with Crippen LogP contribution in [0.25, 0.3) is 11.3 Å². The highest BCUT2D eigenvalue weighted by atomic mass is 32.2. The number of nitrogens with one attached hydrogen (secondary N) is 2. The standard InChI is InChI=1S/C34H48N4O6S/c1-22-11-8-12-23(2)30(22)27-18-29(37-32(36-27)38-45(41,42)26-14-9-13-24(17-26)31(39)40)44-21-25(19-33(3,4)5)35-20-28-34(6,7)15-10-16-43-28/h8-9,11-14,17-18,25,28,31,35,39-40H,10,15-16,19-21H2,1-7H3,(H,36,37,38)/t25-,28?/m1/s1. The third-order valence-electron chi connectivity index (χ3n) is 8.17. The summed E-state index contributed by atoms with van der Waals surface area (Å²) in [7, 11) is -4.17. The number of ether oxygens (including phenoxy) is 2. The molecule has 0 aliphatic carbocycles. The highest BCUT2D eigenvalue weighted by Crippen LogP contribution is 2.34. The number of sulfonamides is 1. The van der Waals surface area contributed by atoms with Gasteiger partial charge in [0.25, 0.3) is 10.0 Å². The van der Waals surface area contributed by atoms with Gasteiger partial charge in [0.05, 0.1) is 16.7 Å². The van der Waals surface area contributed by atoms with Gasteiger partial charge in [-0.25, -0.2) is 18.1 Å². The maximum absolute atomic E-state index is 13.4. The largest absolute Gasteiger partial charge is 0.476 e. The van der Waals surface area contributed by atoms with Crippen molar-refractivity contribution in [2.75, 3.05) is 24.5 Å². The molecule has 11 heteroatoms. The molecule has 0 radical (unpaired) electrons. The summed E-state index contributed by atoms with van der Waals surface area (Å²) in [4.78, 5) is 8.88. The summed E-state index contributed by atoms with van der Waals surface area (Å²) in [6.45, 7) is 16.7. The van der Waals surface area contributed by atoms with Crippen LogP contribution in [0.5, 0.6) is 5.88 Å². The predicted octanol–water partition coefficient (Wildman–Crippen LogP) is 5.52. The van der Waals surface area contributed by atoms with Crippen molar-refractivity contribution in [2.24, 2.45) is 10.8 Å². The van der Waals surface area contributed by atoms with Crippen LogP contribution in [-0.4, -0.2) is 60.5 Å². The SMILES string of the molecule is Cc1cccc(C)c1-c1cc(OC[C@@H](CC(C)(C)C)NCC2OCCCC2(C)C)nc(NS(=O)(=O)c2cccc(C(O)O)c2)n1. The van der Waals surface area contributed by atoms with Gasteiger partial charge in [-0.3, -0.25) is 0 Å². The lowest BCUT2D eigenvalue weighted by Crippen LogP contribution is -2.48. The van der Waals surface area contributed by atoms with E-state index >= 15 is 0 Å². The molecule has 1 aromatic heterocycles. The molecule has 0 saturated carbocycles. The molecule has 4 rings (SSSR count). The molecule has 2 heterocycles. The fourth-order valence-electron chi connectivity index (χ4n) is 5.78. The van der Waals surface area contributed by atoms with Gasteiger partial charge in [0.2, 0.25) is 11.8 Å². The molecule has 1 aliphatic heterocycles. The van der Waals surface area contributed by atoms with Gasteiger partial charge in [0.15, 0.2) is 6.29 Å². The highest BCUT2D eigenvalue weighted by molar-refractivity contribution is 7.92. The predicted molar refractivity (Wildman–Crippen MR) is 175 cm³/mol. The number of hydrogen-bond acceptors (Lipinski definition) is 9. The zero-order chi connectivity index (χ0) is 33.0. The molecule has 3 aromatic rings. The Hall–Kier alpha value is -3.09. The van der Waals surface area contributed by atoms with Crippen molar-refractivity contribution in [3.05, 3.63) is 65.2 Å². The molecular formula is C34H48N4O6S. The third kappa shape index (κ3) is 9.46. The zero-order valence-electron chi connectivity index (χ0n) is 27.4. The van der Waals surface area contributed by atoms with Crippen LogP contribution in [0.4, 0.5) is 5.95 Å². The smallest absolute Gasteiger partial charge is 0.264 e. The Morgan fingerprint density at radius 1 is 1.07 bits per heavy atom. The van der Waals surface area contributed by atoms with Crippen LogP contribution in [-0.2, 0) is 14.8 Å². The van der Waals surface area contributed by atoms with Gasteiger partial charge in [0.1, 0.15) is 6.61 Å². The molecule has 4 N–H and O–H groups in total. The molecule has 2 atom stereocenters. The van der Waals surface area contributed by atoms with Gasteiger partial charge >= 0.3 is 0 Å². The maximum Gasteiger partial charge on any atom is 0.264 e. The first kappa shape index (κ1) is 34.8. The number of benzene rings is 2. The van der Waals surface area contributed by atoms with Gasteiger partial charge in [0, 0.05) is 36.4 Å². The van der Waals surface area contributed by atoms with Crippen molar-refractivity contribution in [1.29, 1.82) is 0 Å². The van der Waals surface area contributed by atoms with Gasteiger partial charge < -0.3 is 25.0 Å². The average molecular weight is 641 g/mol. The molecular weight excluding hydrogens is 592 g/mol. The average Bonchev–Trinajstić information content (AvgIpc) is 2.94. The van der Waals surface area contributed by atoms with Crippen LogP contribution in [0.1, 0.15) is 76.9 Å². The van der Waals surface area contributed by atoms with E-state index in [1.807, 2.05) is 32.0 Å². The number of aliphatic hydroxyl groups is 2. The molecule has 10 nitrogen and oxygen atoms in total. The summed E-state index contributed by atoms with van der Waals surface area (Å²) < 4.78 is 41.6. The van der Waals surface area contributed by atoms with E-state index in [1.165, 1.54) is 24.3 Å². The second kappa shape index (κ2) is 14.1. The van der Waals surface area contributed by atoms with Crippen LogP contribution in [0.2, 0.25) is 0 Å².